The lowest BCUT2D eigenvalue weighted by molar-refractivity contribution is 0.101. The first-order chi connectivity index (χ1) is 30.4. The summed E-state index contributed by atoms with van der Waals surface area (Å²) in [5.74, 6) is -1.25. The van der Waals surface area contributed by atoms with Crippen LogP contribution >= 0.6 is 0 Å². The van der Waals surface area contributed by atoms with E-state index in [4.69, 9.17) is 5.73 Å². The molecule has 0 unspecified atom stereocenters. The zero-order chi connectivity index (χ0) is 45.8. The summed E-state index contributed by atoms with van der Waals surface area (Å²) < 4.78 is 66.5. The van der Waals surface area contributed by atoms with E-state index >= 15 is 0 Å². The molecule has 0 aliphatic carbocycles. The number of nitrogens with two attached hydrogens (primary N) is 1. The number of rotatable bonds is 12. The van der Waals surface area contributed by atoms with Gasteiger partial charge in [-0.2, -0.15) is 42.4 Å². The van der Waals surface area contributed by atoms with Crippen LogP contribution in [0.2, 0.25) is 0 Å². The van der Waals surface area contributed by atoms with Gasteiger partial charge < -0.3 is 21.5 Å². The highest BCUT2D eigenvalue weighted by Gasteiger charge is 2.22. The number of aryl methyl sites for hydroxylation is 2. The predicted octanol–water partition coefficient (Wildman–Crippen LogP) is 11.0. The minimum absolute atomic E-state index is 0.0533. The molecule has 7 rings (SSSR count). The highest BCUT2D eigenvalue weighted by atomic mass is 32.2. The molecule has 7 N–H and O–H groups in total. The highest BCUT2D eigenvalue weighted by Crippen LogP contribution is 2.42. The number of azo groups is 3. The van der Waals surface area contributed by atoms with Gasteiger partial charge in [-0.05, 0) is 164 Å². The van der Waals surface area contributed by atoms with E-state index in [1.165, 1.54) is 30.3 Å². The zero-order valence-electron chi connectivity index (χ0n) is 33.6. The fraction of sp³-hybridized carbons (Fsp3) is 0.0455. The van der Waals surface area contributed by atoms with Crippen molar-refractivity contribution in [3.05, 3.63) is 156 Å². The van der Waals surface area contributed by atoms with E-state index in [1.807, 2.05) is 6.92 Å². The molecule has 0 radical (unpaired) electrons. The maximum Gasteiger partial charge on any atom is 0.296 e. The monoisotopic (exact) mass is 897 g/mol. The first kappa shape index (κ1) is 44.0. The number of nitrogens with zero attached hydrogens (tertiary/aromatic N) is 6. The van der Waals surface area contributed by atoms with Gasteiger partial charge in [0.25, 0.3) is 32.1 Å². The standard InChI is InChI=1S/C44H35N9O9S2/c1-25-21-33(46-43(55)27-3-7-30(45)8-4-27)14-19-38(25)51-48-31-9-5-28(6-10-31)44(56)47-34-15-20-39(26(2)22-34)52-50-35-13-18-37-29(23-35)24-40(64(60,61)62)41(42(37)54)53-49-32-11-16-36(17-12-32)63(57,58)59/h3-24,54H,45H2,1-2H3,(H,46,55)(H,47,56)(H,57,58,59)(H,60,61,62). The van der Waals surface area contributed by atoms with Crippen LogP contribution in [-0.2, 0) is 20.2 Å². The van der Waals surface area contributed by atoms with E-state index in [2.05, 4.69) is 41.3 Å². The second-order valence-electron chi connectivity index (χ2n) is 14.1. The SMILES string of the molecule is Cc1cc(NC(=O)c2ccc(N)cc2)ccc1N=Nc1ccc(C(=O)Nc2ccc(N=Nc3ccc4c(O)c(N=Nc5ccc(S(=O)(=O)O)cc5)c(S(=O)(=O)O)cc4c3)c(C)c2)cc1. The maximum atomic E-state index is 13.1. The Hall–Kier alpha value is -8.04. The molecule has 64 heavy (non-hydrogen) atoms. The molecule has 18 nitrogen and oxygen atoms in total. The Morgan fingerprint density at radius 2 is 1.00 bits per heavy atom. The molecular weight excluding hydrogens is 863 g/mol. The third-order valence-electron chi connectivity index (χ3n) is 9.47. The van der Waals surface area contributed by atoms with Crippen LogP contribution in [0.25, 0.3) is 10.8 Å². The number of phenolic OH excluding ortho intramolecular Hbond substituents is 1. The Balaban J connectivity index is 0.988. The number of carbonyl (C=O) groups is 2. The quantitative estimate of drug-likeness (QED) is 0.0383. The van der Waals surface area contributed by atoms with E-state index in [1.54, 1.807) is 91.9 Å². The van der Waals surface area contributed by atoms with Crippen molar-refractivity contribution < 1.29 is 40.6 Å². The third kappa shape index (κ3) is 10.5. The van der Waals surface area contributed by atoms with Crippen molar-refractivity contribution in [2.45, 2.75) is 23.6 Å². The average Bonchev–Trinajstić information content (AvgIpc) is 3.25. The summed E-state index contributed by atoms with van der Waals surface area (Å²) >= 11 is 0. The maximum absolute atomic E-state index is 13.1. The first-order valence-electron chi connectivity index (χ1n) is 18.8. The number of benzene rings is 7. The van der Waals surface area contributed by atoms with Crippen LogP contribution < -0.4 is 16.4 Å². The lowest BCUT2D eigenvalue weighted by Crippen LogP contribution is -2.11. The number of fused-ring (bicyclic) bond motifs is 1. The summed E-state index contributed by atoms with van der Waals surface area (Å²) in [6.07, 6.45) is 0. The van der Waals surface area contributed by atoms with Gasteiger partial charge in [0.05, 0.1) is 33.3 Å². The molecule has 0 saturated carbocycles. The molecule has 0 aliphatic rings. The lowest BCUT2D eigenvalue weighted by atomic mass is 10.1. The number of nitrogens with one attached hydrogen (secondary N) is 2. The molecule has 322 valence electrons. The number of amides is 2. The van der Waals surface area contributed by atoms with Crippen LogP contribution in [0.15, 0.2) is 174 Å². The molecule has 20 heteroatoms. The van der Waals surface area contributed by atoms with E-state index in [9.17, 15) is 40.6 Å². The van der Waals surface area contributed by atoms with Gasteiger partial charge in [0, 0.05) is 33.6 Å². The number of nitrogen functional groups attached to an aromatic ring is 1. The minimum atomic E-state index is -4.94. The van der Waals surface area contributed by atoms with Gasteiger partial charge in [-0.15, -0.1) is 5.11 Å². The van der Waals surface area contributed by atoms with Crippen LogP contribution in [0.3, 0.4) is 0 Å². The van der Waals surface area contributed by atoms with E-state index in [0.717, 1.165) is 23.8 Å². The Morgan fingerprint density at radius 1 is 0.531 bits per heavy atom. The molecule has 0 bridgehead atoms. The van der Waals surface area contributed by atoms with Crippen molar-refractivity contribution in [1.29, 1.82) is 0 Å². The fourth-order valence-corrected chi connectivity index (χ4v) is 7.26. The van der Waals surface area contributed by atoms with Crippen molar-refractivity contribution in [3.8, 4) is 5.75 Å². The summed E-state index contributed by atoms with van der Waals surface area (Å²) in [4.78, 5) is 24.5. The van der Waals surface area contributed by atoms with Gasteiger partial charge in [0.1, 0.15) is 10.6 Å². The summed E-state index contributed by atoms with van der Waals surface area (Å²) in [6.45, 7) is 3.62. The van der Waals surface area contributed by atoms with Gasteiger partial charge in [0.15, 0.2) is 5.75 Å². The molecular formula is C44H35N9O9S2. The lowest BCUT2D eigenvalue weighted by Gasteiger charge is -2.09. The zero-order valence-corrected chi connectivity index (χ0v) is 35.2. The molecule has 7 aromatic carbocycles. The molecule has 0 atom stereocenters. The van der Waals surface area contributed by atoms with Crippen molar-refractivity contribution in [1.82, 2.24) is 0 Å². The van der Waals surface area contributed by atoms with Crippen molar-refractivity contribution >= 4 is 94.0 Å². The predicted molar refractivity (Wildman–Crippen MR) is 240 cm³/mol. The smallest absolute Gasteiger partial charge is 0.296 e. The van der Waals surface area contributed by atoms with Crippen molar-refractivity contribution in [3.63, 3.8) is 0 Å². The van der Waals surface area contributed by atoms with Crippen molar-refractivity contribution in [2.75, 3.05) is 16.4 Å². The molecule has 0 aliphatic heterocycles. The molecule has 0 saturated heterocycles. The van der Waals surface area contributed by atoms with E-state index < -0.39 is 41.5 Å². The number of hydrogen-bond acceptors (Lipinski definition) is 14. The first-order valence-corrected chi connectivity index (χ1v) is 21.7. The van der Waals surface area contributed by atoms with Gasteiger partial charge >= 0.3 is 0 Å². The van der Waals surface area contributed by atoms with E-state index in [0.29, 0.717) is 50.8 Å². The van der Waals surface area contributed by atoms with Crippen LogP contribution in [0, 0.1) is 13.8 Å². The van der Waals surface area contributed by atoms with Crippen LogP contribution in [0.5, 0.6) is 5.75 Å². The highest BCUT2D eigenvalue weighted by molar-refractivity contribution is 7.86. The second-order valence-corrected chi connectivity index (χ2v) is 16.9. The Labute approximate surface area is 365 Å². The van der Waals surface area contributed by atoms with Gasteiger partial charge in [-0.3, -0.25) is 18.7 Å². The van der Waals surface area contributed by atoms with Crippen molar-refractivity contribution in [2.24, 2.45) is 30.7 Å². The van der Waals surface area contributed by atoms with Gasteiger partial charge in [0.2, 0.25) is 0 Å². The average molecular weight is 898 g/mol. The second kappa shape index (κ2) is 18.1. The van der Waals surface area contributed by atoms with Crippen LogP contribution in [-0.4, -0.2) is 42.9 Å². The summed E-state index contributed by atoms with van der Waals surface area (Å²) in [6, 6.07) is 33.4. The molecule has 0 spiro atoms. The number of anilines is 3. The van der Waals surface area contributed by atoms with Crippen LogP contribution in [0.1, 0.15) is 31.8 Å². The third-order valence-corrected chi connectivity index (χ3v) is 11.2. The van der Waals surface area contributed by atoms with Gasteiger partial charge in [-0.25, -0.2) is 0 Å². The molecule has 0 fully saturated rings. The molecule has 0 aromatic heterocycles. The van der Waals surface area contributed by atoms with Crippen LogP contribution in [0.4, 0.5) is 51.2 Å². The minimum Gasteiger partial charge on any atom is -0.505 e. The normalized spacial score (nSPS) is 12.1. The molecule has 2 amide bonds. The fourth-order valence-electron chi connectivity index (χ4n) is 6.12. The summed E-state index contributed by atoms with van der Waals surface area (Å²) in [5.41, 5.74) is 11.0. The number of carbonyl (C=O) groups excluding carboxylic acids is 2. The number of aromatic hydroxyl groups is 1. The Kier molecular flexibility index (Phi) is 12.5. The number of phenols is 1. The topological polar surface area (TPSA) is 287 Å². The van der Waals surface area contributed by atoms with E-state index in [-0.39, 0.29) is 34.0 Å². The Bertz CT molecular complexity index is 3290. The van der Waals surface area contributed by atoms with Gasteiger partial charge in [-0.1, -0.05) is 0 Å². The molecule has 7 aromatic rings. The Morgan fingerprint density at radius 3 is 1.50 bits per heavy atom. The summed E-state index contributed by atoms with van der Waals surface area (Å²) in [7, 11) is -9.40. The summed E-state index contributed by atoms with van der Waals surface area (Å²) in [5, 5.41) is 41.8. The number of hydrogen-bond donors (Lipinski definition) is 6. The largest absolute Gasteiger partial charge is 0.505 e. The molecule has 0 heterocycles.